The SMILES string of the molecule is CC(N)C1CCN(S(=O)(=O)c2ccc(C(F)(F)F)cc2)CC1. The number of alkyl halides is 3. The van der Waals surface area contributed by atoms with Crippen LogP contribution < -0.4 is 5.73 Å². The van der Waals surface area contributed by atoms with Gasteiger partial charge in [-0.2, -0.15) is 17.5 Å². The molecule has 0 amide bonds. The maximum Gasteiger partial charge on any atom is 0.416 e. The van der Waals surface area contributed by atoms with Gasteiger partial charge in [0.2, 0.25) is 10.0 Å². The minimum Gasteiger partial charge on any atom is -0.328 e. The highest BCUT2D eigenvalue weighted by molar-refractivity contribution is 7.89. The molecule has 2 N–H and O–H groups in total. The van der Waals surface area contributed by atoms with Gasteiger partial charge in [-0.05, 0) is 49.9 Å². The van der Waals surface area contributed by atoms with Crippen LogP contribution in [0.25, 0.3) is 0 Å². The lowest BCUT2D eigenvalue weighted by Gasteiger charge is -2.32. The summed E-state index contributed by atoms with van der Waals surface area (Å²) in [7, 11) is -3.75. The lowest BCUT2D eigenvalue weighted by Crippen LogP contribution is -2.42. The quantitative estimate of drug-likeness (QED) is 0.922. The lowest BCUT2D eigenvalue weighted by molar-refractivity contribution is -0.137. The van der Waals surface area contributed by atoms with E-state index in [2.05, 4.69) is 0 Å². The Labute approximate surface area is 128 Å². The molecule has 1 unspecified atom stereocenters. The zero-order valence-corrected chi connectivity index (χ0v) is 13.0. The molecule has 1 saturated heterocycles. The fourth-order valence-electron chi connectivity index (χ4n) is 2.61. The van der Waals surface area contributed by atoms with Crippen molar-refractivity contribution in [2.24, 2.45) is 11.7 Å². The van der Waals surface area contributed by atoms with Gasteiger partial charge >= 0.3 is 6.18 Å². The third-order valence-corrected chi connectivity index (χ3v) is 5.97. The molecule has 1 aromatic carbocycles. The van der Waals surface area contributed by atoms with E-state index in [1.165, 1.54) is 4.31 Å². The van der Waals surface area contributed by atoms with Gasteiger partial charge in [-0.25, -0.2) is 8.42 Å². The first-order valence-electron chi connectivity index (χ1n) is 7.05. The van der Waals surface area contributed by atoms with Crippen LogP contribution in [0.4, 0.5) is 13.2 Å². The summed E-state index contributed by atoms with van der Waals surface area (Å²) in [5.41, 5.74) is 4.96. The van der Waals surface area contributed by atoms with Crippen molar-refractivity contribution in [3.8, 4) is 0 Å². The van der Waals surface area contributed by atoms with Crippen molar-refractivity contribution < 1.29 is 21.6 Å². The first kappa shape index (κ1) is 17.2. The maximum absolute atomic E-state index is 12.5. The molecular weight excluding hydrogens is 317 g/mol. The largest absolute Gasteiger partial charge is 0.416 e. The molecule has 22 heavy (non-hydrogen) atoms. The van der Waals surface area contributed by atoms with Crippen molar-refractivity contribution in [2.45, 2.75) is 36.9 Å². The van der Waals surface area contributed by atoms with Gasteiger partial charge < -0.3 is 5.73 Å². The van der Waals surface area contributed by atoms with Crippen LogP contribution >= 0.6 is 0 Å². The molecule has 0 bridgehead atoms. The van der Waals surface area contributed by atoms with Crippen LogP contribution in [0.1, 0.15) is 25.3 Å². The molecular formula is C14H19F3N2O2S. The van der Waals surface area contributed by atoms with Crippen molar-refractivity contribution in [1.82, 2.24) is 4.31 Å². The predicted octanol–water partition coefficient (Wildman–Crippen LogP) is 2.45. The Kier molecular flexibility index (Phi) is 4.84. The van der Waals surface area contributed by atoms with Gasteiger partial charge in [0.15, 0.2) is 0 Å². The van der Waals surface area contributed by atoms with E-state index in [-0.39, 0.29) is 16.9 Å². The Morgan fingerprint density at radius 3 is 2.09 bits per heavy atom. The zero-order valence-electron chi connectivity index (χ0n) is 12.2. The second kappa shape index (κ2) is 6.17. The molecule has 1 atom stereocenters. The number of hydrogen-bond acceptors (Lipinski definition) is 3. The Balaban J connectivity index is 2.14. The summed E-state index contributed by atoms with van der Waals surface area (Å²) in [5.74, 6) is 0.277. The Hall–Kier alpha value is -1.12. The lowest BCUT2D eigenvalue weighted by atomic mass is 9.92. The molecule has 1 aromatic rings. The van der Waals surface area contributed by atoms with Crippen LogP contribution in [-0.2, 0) is 16.2 Å². The summed E-state index contributed by atoms with van der Waals surface area (Å²) in [6.07, 6.45) is -3.15. The zero-order chi connectivity index (χ0) is 16.5. The third-order valence-electron chi connectivity index (χ3n) is 4.06. The van der Waals surface area contributed by atoms with Crippen LogP contribution in [0.15, 0.2) is 29.2 Å². The molecule has 4 nitrogen and oxygen atoms in total. The number of benzene rings is 1. The van der Waals surface area contributed by atoms with Crippen molar-refractivity contribution in [2.75, 3.05) is 13.1 Å². The van der Waals surface area contributed by atoms with Crippen LogP contribution in [0.3, 0.4) is 0 Å². The average molecular weight is 336 g/mol. The molecule has 8 heteroatoms. The van der Waals surface area contributed by atoms with E-state index < -0.39 is 21.8 Å². The molecule has 1 aliphatic rings. The molecule has 1 heterocycles. The first-order chi connectivity index (χ1) is 10.1. The number of nitrogens with two attached hydrogens (primary N) is 1. The molecule has 0 aromatic heterocycles. The molecule has 1 aliphatic heterocycles. The minimum atomic E-state index is -4.47. The number of rotatable bonds is 3. The van der Waals surface area contributed by atoms with Gasteiger partial charge in [0, 0.05) is 19.1 Å². The third kappa shape index (κ3) is 3.61. The van der Waals surface area contributed by atoms with Gasteiger partial charge in [0.05, 0.1) is 10.5 Å². The van der Waals surface area contributed by atoms with E-state index >= 15 is 0 Å². The van der Waals surface area contributed by atoms with Crippen molar-refractivity contribution >= 4 is 10.0 Å². The summed E-state index contributed by atoms with van der Waals surface area (Å²) < 4.78 is 63.7. The number of hydrogen-bond donors (Lipinski definition) is 1. The highest BCUT2D eigenvalue weighted by Gasteiger charge is 2.33. The van der Waals surface area contributed by atoms with Gasteiger partial charge in [0.1, 0.15) is 0 Å². The monoisotopic (exact) mass is 336 g/mol. The smallest absolute Gasteiger partial charge is 0.328 e. The van der Waals surface area contributed by atoms with E-state index in [0.717, 1.165) is 24.3 Å². The van der Waals surface area contributed by atoms with Gasteiger partial charge in [-0.1, -0.05) is 0 Å². The van der Waals surface area contributed by atoms with Gasteiger partial charge in [-0.3, -0.25) is 0 Å². The number of halogens is 3. The number of nitrogens with zero attached hydrogens (tertiary/aromatic N) is 1. The highest BCUT2D eigenvalue weighted by Crippen LogP contribution is 2.31. The molecule has 1 fully saturated rings. The Morgan fingerprint density at radius 1 is 1.18 bits per heavy atom. The van der Waals surface area contributed by atoms with E-state index in [1.807, 2.05) is 6.92 Å². The maximum atomic E-state index is 12.5. The molecule has 124 valence electrons. The summed E-state index contributed by atoms with van der Waals surface area (Å²) in [5, 5.41) is 0. The van der Waals surface area contributed by atoms with Crippen LogP contribution in [0.2, 0.25) is 0 Å². The second-order valence-corrected chi connectivity index (χ2v) is 7.56. The highest BCUT2D eigenvalue weighted by atomic mass is 32.2. The Bertz CT molecular complexity index is 604. The molecule has 2 rings (SSSR count). The van der Waals surface area contributed by atoms with Crippen LogP contribution in [0.5, 0.6) is 0 Å². The molecule has 0 spiro atoms. The van der Waals surface area contributed by atoms with Gasteiger partial charge in [-0.15, -0.1) is 0 Å². The summed E-state index contributed by atoms with van der Waals surface area (Å²) in [6, 6.07) is 3.62. The fourth-order valence-corrected chi connectivity index (χ4v) is 4.08. The Morgan fingerprint density at radius 2 is 1.68 bits per heavy atom. The molecule has 0 saturated carbocycles. The molecule has 0 aliphatic carbocycles. The number of sulfonamides is 1. The summed E-state index contributed by atoms with van der Waals surface area (Å²) in [6.45, 7) is 2.58. The molecule has 0 radical (unpaired) electrons. The van der Waals surface area contributed by atoms with Crippen LogP contribution in [-0.4, -0.2) is 31.9 Å². The van der Waals surface area contributed by atoms with Gasteiger partial charge in [0.25, 0.3) is 0 Å². The standard InChI is InChI=1S/C14H19F3N2O2S/c1-10(18)11-6-8-19(9-7-11)22(20,21)13-4-2-12(3-5-13)14(15,16)17/h2-5,10-11H,6-9,18H2,1H3. The van der Waals surface area contributed by atoms with E-state index in [1.54, 1.807) is 0 Å². The second-order valence-electron chi connectivity index (χ2n) is 5.62. The van der Waals surface area contributed by atoms with Crippen molar-refractivity contribution in [1.29, 1.82) is 0 Å². The van der Waals surface area contributed by atoms with E-state index in [0.29, 0.717) is 25.9 Å². The number of piperidine rings is 1. The predicted molar refractivity (Wildman–Crippen MR) is 76.6 cm³/mol. The summed E-state index contributed by atoms with van der Waals surface area (Å²) in [4.78, 5) is -0.111. The normalized spacial score (nSPS) is 20.0. The summed E-state index contributed by atoms with van der Waals surface area (Å²) >= 11 is 0. The van der Waals surface area contributed by atoms with E-state index in [4.69, 9.17) is 5.73 Å². The van der Waals surface area contributed by atoms with Crippen molar-refractivity contribution in [3.63, 3.8) is 0 Å². The van der Waals surface area contributed by atoms with E-state index in [9.17, 15) is 21.6 Å². The average Bonchev–Trinajstić information content (AvgIpc) is 2.46. The fraction of sp³-hybridized carbons (Fsp3) is 0.571. The minimum absolute atomic E-state index is 0.0101. The topological polar surface area (TPSA) is 63.4 Å². The van der Waals surface area contributed by atoms with Crippen LogP contribution in [0, 0.1) is 5.92 Å². The van der Waals surface area contributed by atoms with Crippen molar-refractivity contribution in [3.05, 3.63) is 29.8 Å². The first-order valence-corrected chi connectivity index (χ1v) is 8.49.